The summed E-state index contributed by atoms with van der Waals surface area (Å²) < 4.78 is 0. The molecule has 1 aliphatic rings. The predicted octanol–water partition coefficient (Wildman–Crippen LogP) is 4.12. The third-order valence-electron chi connectivity index (χ3n) is 3.14. The van der Waals surface area contributed by atoms with Crippen molar-refractivity contribution >= 4 is 5.97 Å². The summed E-state index contributed by atoms with van der Waals surface area (Å²) in [6, 6.07) is 0. The predicted molar refractivity (Wildman–Crippen MR) is 75.3 cm³/mol. The topological polar surface area (TPSA) is 37.3 Å². The van der Waals surface area contributed by atoms with E-state index in [9.17, 15) is 4.79 Å². The molecule has 0 heterocycles. The van der Waals surface area contributed by atoms with Crippen LogP contribution in [-0.4, -0.2) is 11.1 Å². The van der Waals surface area contributed by atoms with Gasteiger partial charge in [-0.25, -0.2) is 0 Å². The number of carboxylic acids is 1. The maximum atomic E-state index is 10.4. The number of hydrogen-bond donors (Lipinski definition) is 1. The highest BCUT2D eigenvalue weighted by Gasteiger charge is 2.22. The summed E-state index contributed by atoms with van der Waals surface area (Å²) in [6.45, 7) is 4.40. The van der Waals surface area contributed by atoms with Crippen molar-refractivity contribution in [1.82, 2.24) is 0 Å². The van der Waals surface area contributed by atoms with Gasteiger partial charge in [-0.1, -0.05) is 62.5 Å². The Morgan fingerprint density at radius 3 is 2.39 bits per heavy atom. The summed E-state index contributed by atoms with van der Waals surface area (Å²) >= 11 is 0. The average Bonchev–Trinajstić information content (AvgIpc) is 2.56. The number of aliphatic carboxylic acids is 1. The Kier molecular flexibility index (Phi) is 5.63. The fraction of sp³-hybridized carbons (Fsp3) is 0.438. The number of carboxylic acid groups (broad SMARTS) is 1. The summed E-state index contributed by atoms with van der Waals surface area (Å²) in [5, 5.41) is 8.56. The van der Waals surface area contributed by atoms with E-state index in [-0.39, 0.29) is 11.8 Å². The molecule has 0 radical (unpaired) electrons. The van der Waals surface area contributed by atoms with Gasteiger partial charge in [-0.15, -0.1) is 0 Å². The fourth-order valence-corrected chi connectivity index (χ4v) is 1.93. The third-order valence-corrected chi connectivity index (χ3v) is 3.14. The monoisotopic (exact) mass is 246 g/mol. The van der Waals surface area contributed by atoms with E-state index >= 15 is 0 Å². The molecule has 0 aromatic rings. The van der Waals surface area contributed by atoms with Gasteiger partial charge in [0.25, 0.3) is 0 Å². The van der Waals surface area contributed by atoms with Crippen molar-refractivity contribution in [3.8, 4) is 0 Å². The Morgan fingerprint density at radius 1 is 1.22 bits per heavy atom. The van der Waals surface area contributed by atoms with E-state index in [1.807, 2.05) is 12.2 Å². The molecule has 18 heavy (non-hydrogen) atoms. The van der Waals surface area contributed by atoms with Gasteiger partial charge in [-0.3, -0.25) is 4.79 Å². The summed E-state index contributed by atoms with van der Waals surface area (Å²) in [6.07, 6.45) is 18.7. The molecule has 0 aromatic carbocycles. The van der Waals surface area contributed by atoms with Crippen LogP contribution in [0.2, 0.25) is 0 Å². The Morgan fingerprint density at radius 2 is 1.83 bits per heavy atom. The third kappa shape index (κ3) is 5.17. The van der Waals surface area contributed by atoms with Gasteiger partial charge < -0.3 is 5.11 Å². The van der Waals surface area contributed by atoms with Crippen molar-refractivity contribution in [2.75, 3.05) is 0 Å². The van der Waals surface area contributed by atoms with Crippen LogP contribution in [-0.2, 0) is 4.79 Å². The van der Waals surface area contributed by atoms with Crippen LogP contribution in [0.3, 0.4) is 0 Å². The Bertz CT molecular complexity index is 368. The summed E-state index contributed by atoms with van der Waals surface area (Å²) in [5.41, 5.74) is 0.0578. The van der Waals surface area contributed by atoms with E-state index in [0.717, 1.165) is 6.42 Å². The summed E-state index contributed by atoms with van der Waals surface area (Å²) in [4.78, 5) is 10.4. The zero-order chi connectivity index (χ0) is 13.4. The Balaban J connectivity index is 2.48. The zero-order valence-electron chi connectivity index (χ0n) is 11.2. The second kappa shape index (κ2) is 7.00. The lowest BCUT2D eigenvalue weighted by Crippen LogP contribution is -2.17. The van der Waals surface area contributed by atoms with Crippen LogP contribution >= 0.6 is 0 Å². The molecular weight excluding hydrogens is 224 g/mol. The smallest absolute Gasteiger partial charge is 0.303 e. The molecule has 1 rings (SSSR count). The van der Waals surface area contributed by atoms with E-state index in [0.29, 0.717) is 12.3 Å². The van der Waals surface area contributed by atoms with E-state index in [1.165, 1.54) is 0 Å². The molecule has 98 valence electrons. The van der Waals surface area contributed by atoms with Crippen molar-refractivity contribution in [3.05, 3.63) is 48.6 Å². The van der Waals surface area contributed by atoms with Crippen molar-refractivity contribution < 1.29 is 9.90 Å². The fourth-order valence-electron chi connectivity index (χ4n) is 1.93. The lowest BCUT2D eigenvalue weighted by atomic mass is 9.78. The molecule has 2 nitrogen and oxygen atoms in total. The Labute approximate surface area is 109 Å². The quantitative estimate of drug-likeness (QED) is 0.565. The molecule has 0 fully saturated rings. The van der Waals surface area contributed by atoms with E-state index in [4.69, 9.17) is 5.11 Å². The number of allylic oxidation sites excluding steroid dienone is 8. The van der Waals surface area contributed by atoms with E-state index in [2.05, 4.69) is 50.3 Å². The van der Waals surface area contributed by atoms with E-state index < -0.39 is 5.97 Å². The second-order valence-corrected chi connectivity index (χ2v) is 5.19. The van der Waals surface area contributed by atoms with Crippen molar-refractivity contribution in [3.63, 3.8) is 0 Å². The highest BCUT2D eigenvalue weighted by atomic mass is 16.4. The second-order valence-electron chi connectivity index (χ2n) is 5.19. The Hall–Kier alpha value is -1.57. The maximum absolute atomic E-state index is 10.4. The average molecular weight is 246 g/mol. The standard InChI is InChI=1S/C16H22O2/c1-16(2,13-9-5-8-12-15(17)18)14-10-6-3-4-7-11-14/h3-4,6-7,9-11,13-14H,5,8,12H2,1-2H3,(H,17,18)/b13-9-. The van der Waals surface area contributed by atoms with Crippen molar-refractivity contribution in [2.24, 2.45) is 11.3 Å². The van der Waals surface area contributed by atoms with Crippen LogP contribution in [0, 0.1) is 11.3 Å². The molecule has 0 atom stereocenters. The van der Waals surface area contributed by atoms with Crippen molar-refractivity contribution in [1.29, 1.82) is 0 Å². The minimum absolute atomic E-state index is 0.0578. The van der Waals surface area contributed by atoms with Gasteiger partial charge in [0.2, 0.25) is 0 Å². The normalized spacial score (nSPS) is 16.3. The highest BCUT2D eigenvalue weighted by molar-refractivity contribution is 5.66. The molecule has 0 unspecified atom stereocenters. The first-order chi connectivity index (χ1) is 8.52. The van der Waals surface area contributed by atoms with Crippen molar-refractivity contribution in [2.45, 2.75) is 33.1 Å². The molecule has 0 saturated carbocycles. The molecule has 0 spiro atoms. The van der Waals surface area contributed by atoms with Gasteiger partial charge in [0.05, 0.1) is 0 Å². The molecule has 2 heteroatoms. The minimum Gasteiger partial charge on any atom is -0.481 e. The molecule has 0 saturated heterocycles. The van der Waals surface area contributed by atoms with Crippen LogP contribution in [0.5, 0.6) is 0 Å². The lowest BCUT2D eigenvalue weighted by molar-refractivity contribution is -0.137. The largest absolute Gasteiger partial charge is 0.481 e. The molecular formula is C16H22O2. The van der Waals surface area contributed by atoms with Crippen LogP contribution in [0.4, 0.5) is 0 Å². The molecule has 1 N–H and O–H groups in total. The highest BCUT2D eigenvalue weighted by Crippen LogP contribution is 2.31. The number of carbonyl (C=O) groups is 1. The summed E-state index contributed by atoms with van der Waals surface area (Å²) in [7, 11) is 0. The van der Waals surface area contributed by atoms with Gasteiger partial charge in [-0.2, -0.15) is 0 Å². The molecule has 0 aromatic heterocycles. The molecule has 0 amide bonds. The van der Waals surface area contributed by atoms with Gasteiger partial charge in [0.15, 0.2) is 0 Å². The maximum Gasteiger partial charge on any atom is 0.303 e. The van der Waals surface area contributed by atoms with Gasteiger partial charge in [0, 0.05) is 12.3 Å². The lowest BCUT2D eigenvalue weighted by Gasteiger charge is -2.26. The van der Waals surface area contributed by atoms with Gasteiger partial charge >= 0.3 is 5.97 Å². The van der Waals surface area contributed by atoms with Gasteiger partial charge in [0.1, 0.15) is 0 Å². The van der Waals surface area contributed by atoms with Crippen LogP contribution < -0.4 is 0 Å². The van der Waals surface area contributed by atoms with Crippen LogP contribution in [0.1, 0.15) is 33.1 Å². The number of rotatable bonds is 6. The van der Waals surface area contributed by atoms with Crippen LogP contribution in [0.15, 0.2) is 48.6 Å². The van der Waals surface area contributed by atoms with Crippen LogP contribution in [0.25, 0.3) is 0 Å². The number of unbranched alkanes of at least 4 members (excludes halogenated alkanes) is 1. The molecule has 1 aliphatic carbocycles. The first-order valence-electron chi connectivity index (χ1n) is 6.43. The first-order valence-corrected chi connectivity index (χ1v) is 6.43. The minimum atomic E-state index is -0.719. The summed E-state index contributed by atoms with van der Waals surface area (Å²) in [5.74, 6) is -0.341. The van der Waals surface area contributed by atoms with Gasteiger partial charge in [-0.05, 0) is 18.3 Å². The molecule has 0 aliphatic heterocycles. The SMILES string of the molecule is CC(C)(/C=C\CCCC(=O)O)C1C=CC=CC=C1. The zero-order valence-corrected chi connectivity index (χ0v) is 11.2. The van der Waals surface area contributed by atoms with E-state index in [1.54, 1.807) is 0 Å². The number of hydrogen-bond acceptors (Lipinski definition) is 1. The first kappa shape index (κ1) is 14.5. The molecule has 0 bridgehead atoms.